The summed E-state index contributed by atoms with van der Waals surface area (Å²) in [6.45, 7) is 0. The number of nitriles is 1. The van der Waals surface area contributed by atoms with Crippen molar-refractivity contribution in [2.24, 2.45) is 0 Å². The molecule has 0 bridgehead atoms. The van der Waals surface area contributed by atoms with Gasteiger partial charge in [0.25, 0.3) is 0 Å². The molecule has 0 aliphatic rings. The number of hydrogen-bond acceptors (Lipinski definition) is 6. The fourth-order valence-corrected chi connectivity index (χ4v) is 4.83. The lowest BCUT2D eigenvalue weighted by Crippen LogP contribution is -2.09. The van der Waals surface area contributed by atoms with Crippen molar-refractivity contribution in [1.29, 1.82) is 5.26 Å². The first-order valence-corrected chi connectivity index (χ1v) is 11.6. The van der Waals surface area contributed by atoms with Crippen molar-refractivity contribution < 1.29 is 19.4 Å². The lowest BCUT2D eigenvalue weighted by Gasteiger charge is -2.18. The molecule has 3 aromatic carbocycles. The van der Waals surface area contributed by atoms with Crippen LogP contribution in [0.5, 0.6) is 11.5 Å². The number of carboxylic acids is 1. The number of pyridine rings is 1. The van der Waals surface area contributed by atoms with Crippen molar-refractivity contribution >= 4 is 17.7 Å². The van der Waals surface area contributed by atoms with Gasteiger partial charge in [0, 0.05) is 16.7 Å². The van der Waals surface area contributed by atoms with Crippen LogP contribution in [-0.4, -0.2) is 30.3 Å². The number of aromatic nitrogens is 1. The first-order valence-electron chi connectivity index (χ1n) is 10.7. The molecule has 6 nitrogen and oxygen atoms in total. The Kier molecular flexibility index (Phi) is 7.34. The third-order valence-electron chi connectivity index (χ3n) is 5.42. The molecule has 7 heteroatoms. The molecule has 174 valence electrons. The van der Waals surface area contributed by atoms with E-state index in [9.17, 15) is 15.2 Å². The Bertz CT molecular complexity index is 1390. The van der Waals surface area contributed by atoms with E-state index < -0.39 is 11.2 Å². The van der Waals surface area contributed by atoms with Crippen molar-refractivity contribution in [1.82, 2.24) is 4.98 Å². The number of carbonyl (C=O) groups is 1. The Balaban J connectivity index is 1.97. The van der Waals surface area contributed by atoms with E-state index in [4.69, 9.17) is 14.5 Å². The highest BCUT2D eigenvalue weighted by Gasteiger charge is 2.26. The van der Waals surface area contributed by atoms with E-state index in [-0.39, 0.29) is 5.56 Å². The van der Waals surface area contributed by atoms with Crippen molar-refractivity contribution in [2.45, 2.75) is 10.3 Å². The number of benzene rings is 3. The number of carboxylic acid groups (broad SMARTS) is 1. The minimum absolute atomic E-state index is 0.267. The average Bonchev–Trinajstić information content (AvgIpc) is 2.91. The summed E-state index contributed by atoms with van der Waals surface area (Å²) in [5.41, 5.74) is 3.57. The third-order valence-corrected chi connectivity index (χ3v) is 6.65. The van der Waals surface area contributed by atoms with Gasteiger partial charge in [0.15, 0.2) is 11.5 Å². The molecule has 0 radical (unpaired) electrons. The Labute approximate surface area is 207 Å². The van der Waals surface area contributed by atoms with E-state index in [0.29, 0.717) is 38.9 Å². The molecule has 0 fully saturated rings. The molecule has 1 unspecified atom stereocenters. The molecule has 1 atom stereocenters. The van der Waals surface area contributed by atoms with Gasteiger partial charge in [-0.25, -0.2) is 4.98 Å². The summed E-state index contributed by atoms with van der Waals surface area (Å²) in [6, 6.07) is 28.0. The highest BCUT2D eigenvalue weighted by Crippen LogP contribution is 2.44. The summed E-state index contributed by atoms with van der Waals surface area (Å²) in [5, 5.41) is 19.6. The van der Waals surface area contributed by atoms with Crippen molar-refractivity contribution in [3.8, 4) is 40.0 Å². The fraction of sp³-hybridized carbons (Fsp3) is 0.107. The lowest BCUT2D eigenvalue weighted by atomic mass is 9.98. The Hall–Kier alpha value is -4.28. The number of para-hydroxylation sites is 1. The normalized spacial score (nSPS) is 11.3. The molecule has 4 aromatic rings. The van der Waals surface area contributed by atoms with Gasteiger partial charge in [-0.2, -0.15) is 5.26 Å². The topological polar surface area (TPSA) is 92.4 Å². The van der Waals surface area contributed by atoms with E-state index in [2.05, 4.69) is 6.07 Å². The van der Waals surface area contributed by atoms with Gasteiger partial charge in [0.1, 0.15) is 16.3 Å². The van der Waals surface area contributed by atoms with Crippen LogP contribution in [0.2, 0.25) is 0 Å². The number of rotatable bonds is 8. The van der Waals surface area contributed by atoms with E-state index in [0.717, 1.165) is 17.3 Å². The largest absolute Gasteiger partial charge is 0.493 e. The number of methoxy groups -OCH3 is 2. The average molecular weight is 483 g/mol. The third kappa shape index (κ3) is 4.98. The molecule has 0 saturated carbocycles. The maximum atomic E-state index is 12.2. The van der Waals surface area contributed by atoms with Crippen LogP contribution in [-0.2, 0) is 4.79 Å². The molecule has 0 aliphatic heterocycles. The maximum Gasteiger partial charge on any atom is 0.321 e. The standard InChI is InChI=1S/C28H22N2O4S/c1-33-24-15-9-14-20(25(24)34-2)21-16-23(18-10-5-3-6-11-18)30-27(22(21)17-29)35-26(28(31)32)19-12-7-4-8-13-19/h3-16,26H,1-2H3,(H,31,32). The van der Waals surface area contributed by atoms with Gasteiger partial charge < -0.3 is 14.6 Å². The molecular formula is C28H22N2O4S. The second-order valence-corrected chi connectivity index (χ2v) is 8.59. The van der Waals surface area contributed by atoms with Gasteiger partial charge in [-0.15, -0.1) is 0 Å². The number of aliphatic carboxylic acids is 1. The fourth-order valence-electron chi connectivity index (χ4n) is 3.78. The second-order valence-electron chi connectivity index (χ2n) is 7.50. The van der Waals surface area contributed by atoms with Gasteiger partial charge in [0.2, 0.25) is 0 Å². The Morgan fingerprint density at radius 1 is 0.943 bits per heavy atom. The van der Waals surface area contributed by atoms with Crippen LogP contribution in [0.4, 0.5) is 0 Å². The molecule has 0 amide bonds. The van der Waals surface area contributed by atoms with Crippen molar-refractivity contribution in [3.05, 3.63) is 96.1 Å². The van der Waals surface area contributed by atoms with Crippen LogP contribution in [0.15, 0.2) is 90.0 Å². The summed E-state index contributed by atoms with van der Waals surface area (Å²) >= 11 is 1.04. The molecule has 4 rings (SSSR count). The SMILES string of the molecule is COc1cccc(-c2cc(-c3ccccc3)nc(SC(C(=O)O)c3ccccc3)c2C#N)c1OC. The van der Waals surface area contributed by atoms with Crippen molar-refractivity contribution in [2.75, 3.05) is 14.2 Å². The monoisotopic (exact) mass is 482 g/mol. The zero-order valence-corrected chi connectivity index (χ0v) is 20.0. The van der Waals surface area contributed by atoms with Gasteiger partial charge in [-0.05, 0) is 17.7 Å². The Morgan fingerprint density at radius 3 is 2.23 bits per heavy atom. The predicted molar refractivity (Wildman–Crippen MR) is 136 cm³/mol. The zero-order valence-electron chi connectivity index (χ0n) is 19.1. The summed E-state index contributed by atoms with van der Waals surface area (Å²) in [5.74, 6) is -0.0168. The first kappa shape index (κ1) is 23.9. The van der Waals surface area contributed by atoms with Gasteiger partial charge in [-0.3, -0.25) is 4.79 Å². The quantitative estimate of drug-likeness (QED) is 0.298. The second kappa shape index (κ2) is 10.8. The van der Waals surface area contributed by atoms with Crippen LogP contribution < -0.4 is 9.47 Å². The van der Waals surface area contributed by atoms with E-state index >= 15 is 0 Å². The van der Waals surface area contributed by atoms with Crippen molar-refractivity contribution in [3.63, 3.8) is 0 Å². The van der Waals surface area contributed by atoms with Gasteiger partial charge in [0.05, 0.1) is 25.5 Å². The number of hydrogen-bond donors (Lipinski definition) is 1. The highest BCUT2D eigenvalue weighted by atomic mass is 32.2. The smallest absolute Gasteiger partial charge is 0.321 e. The van der Waals surface area contributed by atoms with E-state index in [1.807, 2.05) is 54.6 Å². The summed E-state index contributed by atoms with van der Waals surface area (Å²) in [6.07, 6.45) is 0. The van der Waals surface area contributed by atoms with Gasteiger partial charge in [-0.1, -0.05) is 84.6 Å². The summed E-state index contributed by atoms with van der Waals surface area (Å²) in [7, 11) is 3.09. The summed E-state index contributed by atoms with van der Waals surface area (Å²) < 4.78 is 11.1. The molecule has 0 aliphatic carbocycles. The highest BCUT2D eigenvalue weighted by molar-refractivity contribution is 8.00. The van der Waals surface area contributed by atoms with Crippen LogP contribution in [0.25, 0.3) is 22.4 Å². The molecule has 1 heterocycles. The lowest BCUT2D eigenvalue weighted by molar-refractivity contribution is -0.136. The van der Waals surface area contributed by atoms with Crippen LogP contribution >= 0.6 is 11.8 Å². The molecular weight excluding hydrogens is 460 g/mol. The molecule has 0 saturated heterocycles. The molecule has 1 aromatic heterocycles. The van der Waals surface area contributed by atoms with E-state index in [1.54, 1.807) is 37.4 Å². The van der Waals surface area contributed by atoms with Crippen LogP contribution in [0, 0.1) is 11.3 Å². The Morgan fingerprint density at radius 2 is 1.63 bits per heavy atom. The molecule has 0 spiro atoms. The van der Waals surface area contributed by atoms with Gasteiger partial charge >= 0.3 is 5.97 Å². The number of thioether (sulfide) groups is 1. The maximum absolute atomic E-state index is 12.2. The molecule has 1 N–H and O–H groups in total. The number of nitrogens with zero attached hydrogens (tertiary/aromatic N) is 2. The number of ether oxygens (including phenoxy) is 2. The summed E-state index contributed by atoms with van der Waals surface area (Å²) in [4.78, 5) is 17.0. The molecule has 35 heavy (non-hydrogen) atoms. The predicted octanol–water partition coefficient (Wildman–Crippen LogP) is 6.22. The minimum atomic E-state index is -1.02. The minimum Gasteiger partial charge on any atom is -0.493 e. The first-order chi connectivity index (χ1) is 17.1. The zero-order chi connectivity index (χ0) is 24.8. The van der Waals surface area contributed by atoms with E-state index in [1.165, 1.54) is 7.11 Å². The van der Waals surface area contributed by atoms with Crippen LogP contribution in [0.3, 0.4) is 0 Å². The van der Waals surface area contributed by atoms with Crippen LogP contribution in [0.1, 0.15) is 16.4 Å².